The summed E-state index contributed by atoms with van der Waals surface area (Å²) in [6.07, 6.45) is 3.83. The Bertz CT molecular complexity index is 1440. The summed E-state index contributed by atoms with van der Waals surface area (Å²) in [5, 5.41) is 0.771. The maximum Gasteiger partial charge on any atom is 0.258 e. The van der Waals surface area contributed by atoms with Crippen LogP contribution in [0.2, 0.25) is 5.02 Å². The van der Waals surface area contributed by atoms with Gasteiger partial charge in [-0.15, -0.1) is 12.4 Å². The standard InChI is InChI=1S/C27H25ClF2N4O2.ClH/c1-2-34-7-5-20(6-8-34)36-25-14-24-21(13-22(25)28)27(35)33-26(32-24)9-16-3-4-23(31-15-16)17-10-18(29)12-19(30)11-17;/h3-4,10-15,20H,2,5-9H2,1H3,(H,32,33,35);1H. The van der Waals surface area contributed by atoms with E-state index in [1.165, 1.54) is 12.1 Å². The molecule has 2 aromatic heterocycles. The number of pyridine rings is 1. The fourth-order valence-electron chi connectivity index (χ4n) is 4.48. The number of ether oxygens (including phenoxy) is 1. The van der Waals surface area contributed by atoms with Crippen LogP contribution in [0.4, 0.5) is 8.78 Å². The first kappa shape index (κ1) is 27.0. The van der Waals surface area contributed by atoms with Gasteiger partial charge >= 0.3 is 0 Å². The first-order valence-corrected chi connectivity index (χ1v) is 12.3. The van der Waals surface area contributed by atoms with Crippen LogP contribution < -0.4 is 10.3 Å². The molecule has 1 fully saturated rings. The molecule has 0 spiro atoms. The predicted octanol–water partition coefficient (Wildman–Crippen LogP) is 5.79. The number of fused-ring (bicyclic) bond motifs is 1. The summed E-state index contributed by atoms with van der Waals surface area (Å²) < 4.78 is 33.2. The zero-order valence-electron chi connectivity index (χ0n) is 20.1. The third-order valence-electron chi connectivity index (χ3n) is 6.44. The van der Waals surface area contributed by atoms with Crippen LogP contribution in [0, 0.1) is 11.6 Å². The molecule has 5 rings (SSSR count). The number of rotatable bonds is 6. The molecule has 0 amide bonds. The molecule has 0 unspecified atom stereocenters. The molecule has 1 N–H and O–H groups in total. The zero-order chi connectivity index (χ0) is 25.2. The molecule has 1 saturated heterocycles. The number of nitrogens with zero attached hydrogens (tertiary/aromatic N) is 3. The van der Waals surface area contributed by atoms with Crippen LogP contribution in [-0.4, -0.2) is 45.6 Å². The molecule has 0 aliphatic carbocycles. The lowest BCUT2D eigenvalue weighted by molar-refractivity contribution is 0.104. The highest BCUT2D eigenvalue weighted by molar-refractivity contribution is 6.32. The summed E-state index contributed by atoms with van der Waals surface area (Å²) in [7, 11) is 0. The van der Waals surface area contributed by atoms with Crippen molar-refractivity contribution in [3.05, 3.63) is 87.1 Å². The molecule has 1 aliphatic rings. The molecule has 194 valence electrons. The van der Waals surface area contributed by atoms with E-state index < -0.39 is 11.6 Å². The van der Waals surface area contributed by atoms with Crippen molar-refractivity contribution in [1.29, 1.82) is 0 Å². The van der Waals surface area contributed by atoms with Gasteiger partial charge in [0, 0.05) is 43.4 Å². The van der Waals surface area contributed by atoms with Crippen molar-refractivity contribution in [1.82, 2.24) is 19.9 Å². The van der Waals surface area contributed by atoms with E-state index in [2.05, 4.69) is 26.8 Å². The van der Waals surface area contributed by atoms with Gasteiger partial charge in [-0.05, 0) is 49.2 Å². The van der Waals surface area contributed by atoms with Gasteiger partial charge in [-0.2, -0.15) is 0 Å². The lowest BCUT2D eigenvalue weighted by atomic mass is 10.1. The number of likely N-dealkylation sites (tertiary alicyclic amines) is 1. The van der Waals surface area contributed by atoms with Crippen molar-refractivity contribution < 1.29 is 13.5 Å². The average molecular weight is 547 g/mol. The molecule has 0 saturated carbocycles. The van der Waals surface area contributed by atoms with E-state index in [1.807, 2.05) is 0 Å². The van der Waals surface area contributed by atoms with Gasteiger partial charge in [0.15, 0.2) is 0 Å². The Morgan fingerprint density at radius 2 is 1.84 bits per heavy atom. The van der Waals surface area contributed by atoms with Gasteiger partial charge in [0.25, 0.3) is 5.56 Å². The lowest BCUT2D eigenvalue weighted by Gasteiger charge is -2.31. The smallest absolute Gasteiger partial charge is 0.258 e. The lowest BCUT2D eigenvalue weighted by Crippen LogP contribution is -2.38. The Morgan fingerprint density at radius 3 is 2.49 bits per heavy atom. The number of hydrogen-bond donors (Lipinski definition) is 1. The van der Waals surface area contributed by atoms with E-state index >= 15 is 0 Å². The molecule has 10 heteroatoms. The van der Waals surface area contributed by atoms with Gasteiger partial charge in [-0.3, -0.25) is 9.78 Å². The van der Waals surface area contributed by atoms with Gasteiger partial charge in [-0.25, -0.2) is 13.8 Å². The third kappa shape index (κ3) is 6.26. The number of nitrogens with one attached hydrogen (secondary N) is 1. The Balaban J connectivity index is 0.00000320. The predicted molar refractivity (Wildman–Crippen MR) is 143 cm³/mol. The second-order valence-electron chi connectivity index (χ2n) is 8.95. The average Bonchev–Trinajstić information content (AvgIpc) is 2.85. The van der Waals surface area contributed by atoms with Crippen molar-refractivity contribution in [3.8, 4) is 17.0 Å². The topological polar surface area (TPSA) is 71.1 Å². The first-order valence-electron chi connectivity index (χ1n) is 11.9. The maximum atomic E-state index is 13.5. The largest absolute Gasteiger partial charge is 0.489 e. The van der Waals surface area contributed by atoms with Crippen molar-refractivity contribution >= 4 is 34.9 Å². The number of halogens is 4. The summed E-state index contributed by atoms with van der Waals surface area (Å²) in [5.41, 5.74) is 1.78. The Labute approximate surface area is 224 Å². The van der Waals surface area contributed by atoms with Crippen molar-refractivity contribution in [2.24, 2.45) is 0 Å². The van der Waals surface area contributed by atoms with E-state index in [0.717, 1.165) is 44.1 Å². The molecular formula is C27H26Cl2F2N4O2. The zero-order valence-corrected chi connectivity index (χ0v) is 21.7. The second kappa shape index (κ2) is 11.5. The summed E-state index contributed by atoms with van der Waals surface area (Å²) in [5.74, 6) is -0.341. The Kier molecular flexibility index (Phi) is 8.42. The van der Waals surface area contributed by atoms with E-state index in [4.69, 9.17) is 16.3 Å². The number of hydrogen-bond acceptors (Lipinski definition) is 5. The molecule has 0 radical (unpaired) electrons. The molecule has 1 aliphatic heterocycles. The summed E-state index contributed by atoms with van der Waals surface area (Å²) in [6, 6.07) is 10.1. The highest BCUT2D eigenvalue weighted by Crippen LogP contribution is 2.30. The maximum absolute atomic E-state index is 13.5. The molecule has 0 bridgehead atoms. The Morgan fingerprint density at radius 1 is 1.11 bits per heavy atom. The molecule has 37 heavy (non-hydrogen) atoms. The highest BCUT2D eigenvalue weighted by Gasteiger charge is 2.21. The summed E-state index contributed by atoms with van der Waals surface area (Å²) in [4.78, 5) is 26.9. The van der Waals surface area contributed by atoms with Crippen LogP contribution in [0.25, 0.3) is 22.2 Å². The Hall–Kier alpha value is -3.07. The van der Waals surface area contributed by atoms with Crippen LogP contribution in [0.1, 0.15) is 31.2 Å². The number of H-pyrrole nitrogens is 1. The summed E-state index contributed by atoms with van der Waals surface area (Å²) in [6.45, 7) is 5.14. The van der Waals surface area contributed by atoms with Crippen LogP contribution in [-0.2, 0) is 6.42 Å². The third-order valence-corrected chi connectivity index (χ3v) is 6.73. The molecule has 4 aromatic rings. The van der Waals surface area contributed by atoms with E-state index in [1.54, 1.807) is 30.5 Å². The van der Waals surface area contributed by atoms with Crippen LogP contribution in [0.15, 0.2) is 53.5 Å². The van der Waals surface area contributed by atoms with Crippen LogP contribution >= 0.6 is 24.0 Å². The minimum atomic E-state index is -0.663. The van der Waals surface area contributed by atoms with Gasteiger partial charge in [0.1, 0.15) is 29.3 Å². The van der Waals surface area contributed by atoms with Crippen molar-refractivity contribution in [3.63, 3.8) is 0 Å². The normalized spacial score (nSPS) is 14.5. The quantitative estimate of drug-likeness (QED) is 0.331. The SMILES string of the molecule is CCN1CCC(Oc2cc3nc(Cc4ccc(-c5cc(F)cc(F)c5)nc4)[nH]c(=O)c3cc2Cl)CC1.Cl. The number of aromatic amines is 1. The number of benzene rings is 2. The minimum absolute atomic E-state index is 0. The molecule has 3 heterocycles. The molecule has 2 aromatic carbocycles. The van der Waals surface area contributed by atoms with Crippen molar-refractivity contribution in [2.75, 3.05) is 19.6 Å². The number of piperidine rings is 1. The molecule has 0 atom stereocenters. The van der Waals surface area contributed by atoms with Crippen molar-refractivity contribution in [2.45, 2.75) is 32.3 Å². The van der Waals surface area contributed by atoms with E-state index in [-0.39, 0.29) is 24.1 Å². The van der Waals surface area contributed by atoms with Crippen LogP contribution in [0.5, 0.6) is 5.75 Å². The number of aromatic nitrogens is 3. The van der Waals surface area contributed by atoms with E-state index in [0.29, 0.717) is 45.2 Å². The molecule has 6 nitrogen and oxygen atoms in total. The van der Waals surface area contributed by atoms with Gasteiger partial charge in [-0.1, -0.05) is 24.6 Å². The minimum Gasteiger partial charge on any atom is -0.489 e. The summed E-state index contributed by atoms with van der Waals surface area (Å²) >= 11 is 6.43. The second-order valence-corrected chi connectivity index (χ2v) is 9.36. The highest BCUT2D eigenvalue weighted by atomic mass is 35.5. The first-order chi connectivity index (χ1) is 17.4. The van der Waals surface area contributed by atoms with Gasteiger partial charge < -0.3 is 14.6 Å². The fourth-order valence-corrected chi connectivity index (χ4v) is 4.69. The molecular weight excluding hydrogens is 521 g/mol. The fraction of sp³-hybridized carbons (Fsp3) is 0.296. The van der Waals surface area contributed by atoms with Crippen LogP contribution in [0.3, 0.4) is 0 Å². The van der Waals surface area contributed by atoms with E-state index in [9.17, 15) is 13.6 Å². The monoisotopic (exact) mass is 546 g/mol. The van der Waals surface area contributed by atoms with Gasteiger partial charge in [0.05, 0.1) is 21.6 Å². The van der Waals surface area contributed by atoms with Gasteiger partial charge in [0.2, 0.25) is 0 Å².